The van der Waals surface area contributed by atoms with Crippen LogP contribution in [0.1, 0.15) is 73.2 Å². The van der Waals surface area contributed by atoms with E-state index in [9.17, 15) is 9.59 Å². The van der Waals surface area contributed by atoms with Gasteiger partial charge in [-0.15, -0.1) is 0 Å². The molecule has 0 fully saturated rings. The van der Waals surface area contributed by atoms with Gasteiger partial charge in [0.05, 0.1) is 0 Å². The van der Waals surface area contributed by atoms with Gasteiger partial charge in [0.25, 0.3) is 5.91 Å². The minimum atomic E-state index is -0.462. The minimum absolute atomic E-state index is 0.00977. The molecular formula is C19H30N2O2. The van der Waals surface area contributed by atoms with E-state index < -0.39 is 5.91 Å². The third-order valence-electron chi connectivity index (χ3n) is 3.92. The molecule has 2 amide bonds. The summed E-state index contributed by atoms with van der Waals surface area (Å²) in [6, 6.07) is 5.30. The molecule has 0 bridgehead atoms. The van der Waals surface area contributed by atoms with Crippen molar-refractivity contribution in [2.24, 2.45) is 11.7 Å². The lowest BCUT2D eigenvalue weighted by molar-refractivity contribution is 0.0754. The van der Waals surface area contributed by atoms with Crippen LogP contribution in [-0.2, 0) is 6.42 Å². The zero-order valence-corrected chi connectivity index (χ0v) is 14.9. The normalized spacial score (nSPS) is 10.8. The number of amides is 2. The average Bonchev–Trinajstić information content (AvgIpc) is 2.51. The summed E-state index contributed by atoms with van der Waals surface area (Å²) in [6.45, 7) is 9.86. The second kappa shape index (κ2) is 9.33. The summed E-state index contributed by atoms with van der Waals surface area (Å²) in [4.78, 5) is 26.6. The Labute approximate surface area is 140 Å². The van der Waals surface area contributed by atoms with Crippen molar-refractivity contribution in [1.29, 1.82) is 0 Å². The van der Waals surface area contributed by atoms with Crippen molar-refractivity contribution in [2.45, 2.75) is 53.4 Å². The van der Waals surface area contributed by atoms with Crippen molar-refractivity contribution < 1.29 is 9.59 Å². The summed E-state index contributed by atoms with van der Waals surface area (Å²) in [5.74, 6) is 0.0489. The number of hydrogen-bond donors (Lipinski definition) is 1. The van der Waals surface area contributed by atoms with Gasteiger partial charge in [0.15, 0.2) is 0 Å². The van der Waals surface area contributed by atoms with E-state index in [0.29, 0.717) is 23.5 Å². The fourth-order valence-corrected chi connectivity index (χ4v) is 2.75. The van der Waals surface area contributed by atoms with Crippen molar-refractivity contribution >= 4 is 11.8 Å². The summed E-state index contributed by atoms with van der Waals surface area (Å²) in [7, 11) is 0. The molecule has 23 heavy (non-hydrogen) atoms. The maximum absolute atomic E-state index is 12.9. The highest BCUT2D eigenvalue weighted by atomic mass is 16.2. The monoisotopic (exact) mass is 318 g/mol. The van der Waals surface area contributed by atoms with Crippen LogP contribution in [0.4, 0.5) is 0 Å². The predicted octanol–water partition coefficient (Wildman–Crippen LogP) is 3.64. The first-order valence-electron chi connectivity index (χ1n) is 8.63. The van der Waals surface area contributed by atoms with Crippen LogP contribution in [0.15, 0.2) is 18.2 Å². The van der Waals surface area contributed by atoms with Gasteiger partial charge in [-0.05, 0) is 49.3 Å². The second-order valence-electron chi connectivity index (χ2n) is 6.42. The van der Waals surface area contributed by atoms with E-state index in [0.717, 1.165) is 37.9 Å². The van der Waals surface area contributed by atoms with Gasteiger partial charge in [-0.25, -0.2) is 0 Å². The Balaban J connectivity index is 3.24. The Morgan fingerprint density at radius 3 is 2.13 bits per heavy atom. The average molecular weight is 318 g/mol. The lowest BCUT2D eigenvalue weighted by atomic mass is 9.93. The highest BCUT2D eigenvalue weighted by Crippen LogP contribution is 2.21. The summed E-state index contributed by atoms with van der Waals surface area (Å²) >= 11 is 0. The van der Waals surface area contributed by atoms with Gasteiger partial charge in [-0.2, -0.15) is 0 Å². The molecule has 4 heteroatoms. The first kappa shape index (κ1) is 19.2. The van der Waals surface area contributed by atoms with Gasteiger partial charge >= 0.3 is 0 Å². The van der Waals surface area contributed by atoms with Crippen LogP contribution < -0.4 is 5.73 Å². The zero-order chi connectivity index (χ0) is 17.4. The molecule has 0 aromatic heterocycles. The van der Waals surface area contributed by atoms with E-state index in [1.54, 1.807) is 12.1 Å². The maximum atomic E-state index is 12.9. The molecule has 0 aliphatic heterocycles. The molecule has 0 aliphatic rings. The van der Waals surface area contributed by atoms with Crippen molar-refractivity contribution in [1.82, 2.24) is 4.90 Å². The fraction of sp³-hybridized carbons (Fsp3) is 0.579. The van der Waals surface area contributed by atoms with Crippen molar-refractivity contribution in [2.75, 3.05) is 13.1 Å². The lowest BCUT2D eigenvalue weighted by Crippen LogP contribution is -2.33. The van der Waals surface area contributed by atoms with E-state index in [-0.39, 0.29) is 5.91 Å². The standard InChI is InChI=1S/C19H30N2O2/c1-5-12-21(13-6-2)19(23)17-9-7-8-16(18(20)22)15(17)11-10-14(3)4/h7-9,14H,5-6,10-13H2,1-4H3,(H2,20,22). The van der Waals surface area contributed by atoms with E-state index in [2.05, 4.69) is 27.7 Å². The number of primary amides is 1. The Morgan fingerprint density at radius 1 is 1.09 bits per heavy atom. The number of benzene rings is 1. The molecule has 0 heterocycles. The van der Waals surface area contributed by atoms with E-state index >= 15 is 0 Å². The van der Waals surface area contributed by atoms with Crippen molar-refractivity contribution in [3.63, 3.8) is 0 Å². The molecule has 0 spiro atoms. The fourth-order valence-electron chi connectivity index (χ4n) is 2.75. The molecule has 0 radical (unpaired) electrons. The Hall–Kier alpha value is -1.84. The van der Waals surface area contributed by atoms with Crippen LogP contribution in [0.3, 0.4) is 0 Å². The van der Waals surface area contributed by atoms with Crippen LogP contribution >= 0.6 is 0 Å². The summed E-state index contributed by atoms with van der Waals surface area (Å²) in [6.07, 6.45) is 3.46. The SMILES string of the molecule is CCCN(CCC)C(=O)c1cccc(C(N)=O)c1CCC(C)C. The first-order valence-corrected chi connectivity index (χ1v) is 8.63. The summed E-state index contributed by atoms with van der Waals surface area (Å²) in [5, 5.41) is 0. The third-order valence-corrected chi connectivity index (χ3v) is 3.92. The number of carbonyl (C=O) groups excluding carboxylic acids is 2. The molecule has 0 atom stereocenters. The van der Waals surface area contributed by atoms with Crippen LogP contribution in [0, 0.1) is 5.92 Å². The molecule has 4 nitrogen and oxygen atoms in total. The maximum Gasteiger partial charge on any atom is 0.254 e. The number of rotatable bonds is 9. The van der Waals surface area contributed by atoms with Gasteiger partial charge in [0.1, 0.15) is 0 Å². The van der Waals surface area contributed by atoms with Gasteiger partial charge in [0.2, 0.25) is 5.91 Å². The van der Waals surface area contributed by atoms with Crippen molar-refractivity contribution in [3.8, 4) is 0 Å². The van der Waals surface area contributed by atoms with Crippen LogP contribution in [0.2, 0.25) is 0 Å². The predicted molar refractivity (Wildman–Crippen MR) is 94.6 cm³/mol. The Bertz CT molecular complexity index is 532. The molecule has 1 rings (SSSR count). The van der Waals surface area contributed by atoms with Crippen molar-refractivity contribution in [3.05, 3.63) is 34.9 Å². The van der Waals surface area contributed by atoms with Crippen LogP contribution in [0.25, 0.3) is 0 Å². The lowest BCUT2D eigenvalue weighted by Gasteiger charge is -2.23. The first-order chi connectivity index (χ1) is 10.9. The summed E-state index contributed by atoms with van der Waals surface area (Å²) < 4.78 is 0. The second-order valence-corrected chi connectivity index (χ2v) is 6.42. The Kier molecular flexibility index (Phi) is 7.79. The van der Waals surface area contributed by atoms with Crippen LogP contribution in [0.5, 0.6) is 0 Å². The van der Waals surface area contributed by atoms with Gasteiger partial charge < -0.3 is 10.6 Å². The molecule has 2 N–H and O–H groups in total. The number of carbonyl (C=O) groups is 2. The summed E-state index contributed by atoms with van der Waals surface area (Å²) in [5.41, 5.74) is 7.43. The molecule has 0 saturated carbocycles. The number of nitrogens with two attached hydrogens (primary N) is 1. The highest BCUT2D eigenvalue weighted by molar-refractivity contribution is 6.01. The third kappa shape index (κ3) is 5.38. The smallest absolute Gasteiger partial charge is 0.254 e. The molecule has 1 aromatic rings. The molecule has 0 aliphatic carbocycles. The molecule has 128 valence electrons. The van der Waals surface area contributed by atoms with Crippen LogP contribution in [-0.4, -0.2) is 29.8 Å². The van der Waals surface area contributed by atoms with E-state index in [1.165, 1.54) is 0 Å². The van der Waals surface area contributed by atoms with Gasteiger partial charge in [0, 0.05) is 24.2 Å². The zero-order valence-electron chi connectivity index (χ0n) is 14.9. The minimum Gasteiger partial charge on any atom is -0.366 e. The van der Waals surface area contributed by atoms with Gasteiger partial charge in [-0.3, -0.25) is 9.59 Å². The molecule has 1 aromatic carbocycles. The molecular weight excluding hydrogens is 288 g/mol. The quantitative estimate of drug-likeness (QED) is 0.755. The number of nitrogens with zero attached hydrogens (tertiary/aromatic N) is 1. The Morgan fingerprint density at radius 2 is 1.65 bits per heavy atom. The van der Waals surface area contributed by atoms with Gasteiger partial charge in [-0.1, -0.05) is 33.8 Å². The van der Waals surface area contributed by atoms with E-state index in [1.807, 2.05) is 11.0 Å². The van der Waals surface area contributed by atoms with E-state index in [4.69, 9.17) is 5.73 Å². The topological polar surface area (TPSA) is 63.4 Å². The largest absolute Gasteiger partial charge is 0.366 e. The molecule has 0 unspecified atom stereocenters. The highest BCUT2D eigenvalue weighted by Gasteiger charge is 2.21. The molecule has 0 saturated heterocycles. The number of hydrogen-bond acceptors (Lipinski definition) is 2.